The first-order chi connectivity index (χ1) is 14.9. The van der Waals surface area contributed by atoms with Gasteiger partial charge in [-0.15, -0.1) is 0 Å². The molecule has 0 radical (unpaired) electrons. The maximum absolute atomic E-state index is 12.4. The monoisotopic (exact) mass is 463 g/mol. The molecule has 2 aromatic carbocycles. The molecule has 0 saturated carbocycles. The van der Waals surface area contributed by atoms with Gasteiger partial charge >= 0.3 is 5.69 Å². The third-order valence-corrected chi connectivity index (χ3v) is 6.49. The average molecular weight is 464 g/mol. The number of halogens is 2. The summed E-state index contributed by atoms with van der Waals surface area (Å²) in [7, 11) is 0. The number of carbonyl (C=O) groups is 1. The van der Waals surface area contributed by atoms with Crippen molar-refractivity contribution in [1.29, 1.82) is 0 Å². The molecule has 2 fully saturated rings. The van der Waals surface area contributed by atoms with Crippen LogP contribution in [0.2, 0.25) is 10.0 Å². The molecule has 2 saturated heterocycles. The van der Waals surface area contributed by atoms with Crippen LogP contribution < -0.4 is 10.1 Å². The van der Waals surface area contributed by atoms with Crippen LogP contribution >= 0.6 is 23.2 Å². The van der Waals surface area contributed by atoms with Gasteiger partial charge in [-0.1, -0.05) is 35.3 Å². The number of hydrogen-bond acceptors (Lipinski definition) is 5. The van der Waals surface area contributed by atoms with Crippen molar-refractivity contribution in [3.8, 4) is 5.75 Å². The molecule has 2 aliphatic heterocycles. The van der Waals surface area contributed by atoms with E-state index < -0.39 is 4.92 Å². The number of nitrogens with zero attached hydrogens (tertiary/aromatic N) is 2. The van der Waals surface area contributed by atoms with Gasteiger partial charge in [0.05, 0.1) is 4.92 Å². The minimum absolute atomic E-state index is 0.0300. The van der Waals surface area contributed by atoms with Crippen LogP contribution in [0.3, 0.4) is 0 Å². The van der Waals surface area contributed by atoms with Crippen molar-refractivity contribution in [3.05, 3.63) is 68.2 Å². The lowest BCUT2D eigenvalue weighted by Crippen LogP contribution is -2.50. The molecule has 1 N–H and O–H groups in total. The average Bonchev–Trinajstić information content (AvgIpc) is 2.96. The van der Waals surface area contributed by atoms with Crippen molar-refractivity contribution in [2.24, 2.45) is 0 Å². The van der Waals surface area contributed by atoms with E-state index in [0.717, 1.165) is 37.3 Å². The molecule has 4 rings (SSSR count). The van der Waals surface area contributed by atoms with Gasteiger partial charge in [0.25, 0.3) is 5.91 Å². The van der Waals surface area contributed by atoms with Gasteiger partial charge in [-0.25, -0.2) is 0 Å². The normalized spacial score (nSPS) is 22.8. The number of nitro groups is 1. The zero-order valence-electron chi connectivity index (χ0n) is 16.8. The van der Waals surface area contributed by atoms with Crippen molar-refractivity contribution < 1.29 is 14.5 Å². The Bertz CT molecular complexity index is 956. The highest BCUT2D eigenvalue weighted by Crippen LogP contribution is 2.37. The Kier molecular flexibility index (Phi) is 6.65. The second kappa shape index (κ2) is 9.42. The Balaban J connectivity index is 1.30. The van der Waals surface area contributed by atoms with E-state index in [1.807, 2.05) is 12.1 Å². The van der Waals surface area contributed by atoms with E-state index in [0.29, 0.717) is 12.1 Å². The first-order valence-electron chi connectivity index (χ1n) is 10.3. The maximum Gasteiger partial charge on any atom is 0.312 e. The molecule has 7 nitrogen and oxygen atoms in total. The van der Waals surface area contributed by atoms with Gasteiger partial charge in [0, 0.05) is 40.8 Å². The second-order valence-corrected chi connectivity index (χ2v) is 8.95. The minimum atomic E-state index is -0.576. The summed E-state index contributed by atoms with van der Waals surface area (Å²) in [4.78, 5) is 25.5. The Labute approximate surface area is 190 Å². The molecule has 31 heavy (non-hydrogen) atoms. The van der Waals surface area contributed by atoms with Crippen LogP contribution in [0.5, 0.6) is 5.75 Å². The molecule has 0 spiro atoms. The fraction of sp³-hybridized carbons (Fsp3) is 0.409. The smallest absolute Gasteiger partial charge is 0.312 e. The van der Waals surface area contributed by atoms with E-state index in [2.05, 4.69) is 22.3 Å². The van der Waals surface area contributed by atoms with Crippen LogP contribution in [-0.4, -0.2) is 40.5 Å². The molecule has 2 aliphatic rings. The van der Waals surface area contributed by atoms with Gasteiger partial charge in [-0.05, 0) is 55.5 Å². The van der Waals surface area contributed by atoms with E-state index in [1.165, 1.54) is 23.8 Å². The topological polar surface area (TPSA) is 84.7 Å². The Morgan fingerprint density at radius 1 is 1.10 bits per heavy atom. The summed E-state index contributed by atoms with van der Waals surface area (Å²) < 4.78 is 5.40. The fourth-order valence-corrected chi connectivity index (χ4v) is 4.91. The molecule has 9 heteroatoms. The molecular formula is C22H23Cl2N3O4. The van der Waals surface area contributed by atoms with E-state index >= 15 is 0 Å². The third kappa shape index (κ3) is 5.29. The van der Waals surface area contributed by atoms with Gasteiger partial charge in [-0.3, -0.25) is 19.8 Å². The molecular weight excluding hydrogens is 441 g/mol. The standard InChI is InChI=1S/C22H23Cl2N3O4/c23-15-3-1-14(2-4-15)12-26-18-6-7-19(26)11-17(10-18)25-22(28)13-31-21-8-5-16(24)9-20(21)27(29)30/h1-5,8-9,17-19H,6-7,10-13H2,(H,25,28)/t17?,18-,19+. The number of ether oxygens (including phenoxy) is 1. The molecule has 2 bridgehead atoms. The summed E-state index contributed by atoms with van der Waals surface area (Å²) in [6.07, 6.45) is 4.02. The summed E-state index contributed by atoms with van der Waals surface area (Å²) in [5.74, 6) is -0.248. The lowest BCUT2D eigenvalue weighted by atomic mass is 9.96. The molecule has 0 aromatic heterocycles. The van der Waals surface area contributed by atoms with Gasteiger partial charge < -0.3 is 10.1 Å². The van der Waals surface area contributed by atoms with Crippen molar-refractivity contribution >= 4 is 34.8 Å². The van der Waals surface area contributed by atoms with Crippen LogP contribution in [0.1, 0.15) is 31.2 Å². The largest absolute Gasteiger partial charge is 0.477 e. The number of hydrogen-bond donors (Lipinski definition) is 1. The molecule has 0 aliphatic carbocycles. The van der Waals surface area contributed by atoms with Crippen LogP contribution in [0.25, 0.3) is 0 Å². The molecule has 1 unspecified atom stereocenters. The van der Waals surface area contributed by atoms with Crippen molar-refractivity contribution in [2.45, 2.75) is 50.4 Å². The predicted molar refractivity (Wildman–Crippen MR) is 119 cm³/mol. The minimum Gasteiger partial charge on any atom is -0.477 e. The molecule has 3 atom stereocenters. The van der Waals surface area contributed by atoms with E-state index in [-0.39, 0.29) is 35.0 Å². The van der Waals surface area contributed by atoms with Crippen molar-refractivity contribution in [1.82, 2.24) is 10.2 Å². The van der Waals surface area contributed by atoms with Crippen LogP contribution in [0.4, 0.5) is 5.69 Å². The quantitative estimate of drug-likeness (QED) is 0.479. The summed E-state index contributed by atoms with van der Waals surface area (Å²) in [6, 6.07) is 13.0. The SMILES string of the molecule is O=C(COc1ccc(Cl)cc1[N+](=O)[O-])NC1C[C@H]2CC[C@@H](C1)N2Cc1ccc(Cl)cc1. The number of piperidine rings is 1. The van der Waals surface area contributed by atoms with Crippen LogP contribution in [-0.2, 0) is 11.3 Å². The number of rotatable bonds is 7. The van der Waals surface area contributed by atoms with Crippen molar-refractivity contribution in [2.75, 3.05) is 6.61 Å². The highest BCUT2D eigenvalue weighted by atomic mass is 35.5. The van der Waals surface area contributed by atoms with Crippen LogP contribution in [0.15, 0.2) is 42.5 Å². The molecule has 164 valence electrons. The summed E-state index contributed by atoms with van der Waals surface area (Å²) >= 11 is 11.8. The predicted octanol–water partition coefficient (Wildman–Crippen LogP) is 4.59. The fourth-order valence-electron chi connectivity index (χ4n) is 4.62. The number of fused-ring (bicyclic) bond motifs is 2. The zero-order valence-corrected chi connectivity index (χ0v) is 18.3. The highest BCUT2D eigenvalue weighted by molar-refractivity contribution is 6.31. The molecule has 1 amide bonds. The maximum atomic E-state index is 12.4. The lowest BCUT2D eigenvalue weighted by molar-refractivity contribution is -0.385. The van der Waals surface area contributed by atoms with Crippen LogP contribution in [0, 0.1) is 10.1 Å². The third-order valence-electron chi connectivity index (χ3n) is 6.00. The van der Waals surface area contributed by atoms with Crippen molar-refractivity contribution in [3.63, 3.8) is 0 Å². The Morgan fingerprint density at radius 2 is 1.74 bits per heavy atom. The number of nitro benzene ring substituents is 1. The summed E-state index contributed by atoms with van der Waals surface area (Å²) in [6.45, 7) is 0.610. The number of carbonyl (C=O) groups excluding carboxylic acids is 1. The Morgan fingerprint density at radius 3 is 2.39 bits per heavy atom. The second-order valence-electron chi connectivity index (χ2n) is 8.08. The molecule has 2 aromatic rings. The Hall–Kier alpha value is -2.35. The summed E-state index contributed by atoms with van der Waals surface area (Å²) in [5.41, 5.74) is 0.982. The lowest BCUT2D eigenvalue weighted by Gasteiger charge is -2.39. The first-order valence-corrected chi connectivity index (χ1v) is 11.0. The van der Waals surface area contributed by atoms with Gasteiger partial charge in [0.2, 0.25) is 0 Å². The summed E-state index contributed by atoms with van der Waals surface area (Å²) in [5, 5.41) is 15.2. The van der Waals surface area contributed by atoms with E-state index in [4.69, 9.17) is 27.9 Å². The zero-order chi connectivity index (χ0) is 22.0. The van der Waals surface area contributed by atoms with E-state index in [9.17, 15) is 14.9 Å². The highest BCUT2D eigenvalue weighted by Gasteiger charge is 2.40. The number of amides is 1. The van der Waals surface area contributed by atoms with Gasteiger partial charge in [0.1, 0.15) is 0 Å². The van der Waals surface area contributed by atoms with Gasteiger partial charge in [0.15, 0.2) is 12.4 Å². The molecule has 2 heterocycles. The number of nitrogens with one attached hydrogen (secondary N) is 1. The number of benzene rings is 2. The first kappa shape index (κ1) is 21.9. The van der Waals surface area contributed by atoms with E-state index in [1.54, 1.807) is 0 Å². The van der Waals surface area contributed by atoms with Gasteiger partial charge in [-0.2, -0.15) is 0 Å².